The molecule has 2 rings (SSSR count). The Kier molecular flexibility index (Phi) is 5.91. The molecule has 22 heavy (non-hydrogen) atoms. The highest BCUT2D eigenvalue weighted by molar-refractivity contribution is 5.78. The average molecular weight is 308 g/mol. The topological polar surface area (TPSA) is 52.6 Å². The summed E-state index contributed by atoms with van der Waals surface area (Å²) in [5.74, 6) is -0.120. The fraction of sp³-hybridized carbons (Fsp3) is 0.588. The molecule has 0 saturated carbocycles. The summed E-state index contributed by atoms with van der Waals surface area (Å²) in [5.41, 5.74) is 0.907. The largest absolute Gasteiger partial charge is 0.395 e. The smallest absolute Gasteiger partial charge is 0.234 e. The van der Waals surface area contributed by atoms with Gasteiger partial charge in [0.15, 0.2) is 0 Å². The lowest BCUT2D eigenvalue weighted by Gasteiger charge is -2.26. The molecule has 1 unspecified atom stereocenters. The number of rotatable bonds is 6. The highest BCUT2D eigenvalue weighted by Gasteiger charge is 2.26. The maximum atomic E-state index is 13.0. The second-order valence-corrected chi connectivity index (χ2v) is 6.29. The van der Waals surface area contributed by atoms with E-state index >= 15 is 0 Å². The van der Waals surface area contributed by atoms with Crippen LogP contribution < -0.4 is 5.32 Å². The minimum atomic E-state index is -0.277. The number of carbonyl (C=O) groups excluding carboxylic acids is 1. The lowest BCUT2D eigenvalue weighted by atomic mass is 9.96. The predicted octanol–water partition coefficient (Wildman–Crippen LogP) is 2.10. The second kappa shape index (κ2) is 7.70. The van der Waals surface area contributed by atoms with E-state index in [0.717, 1.165) is 24.9 Å². The quantitative estimate of drug-likeness (QED) is 0.846. The van der Waals surface area contributed by atoms with Gasteiger partial charge in [-0.05, 0) is 43.0 Å². The van der Waals surface area contributed by atoms with E-state index in [0.29, 0.717) is 6.54 Å². The first-order chi connectivity index (χ1) is 10.5. The van der Waals surface area contributed by atoms with Gasteiger partial charge in [0.25, 0.3) is 0 Å². The van der Waals surface area contributed by atoms with Gasteiger partial charge in [-0.25, -0.2) is 4.39 Å². The van der Waals surface area contributed by atoms with Crippen LogP contribution in [0.15, 0.2) is 24.3 Å². The van der Waals surface area contributed by atoms with Gasteiger partial charge in [0, 0.05) is 6.04 Å². The van der Waals surface area contributed by atoms with Crippen LogP contribution in [0.4, 0.5) is 4.39 Å². The summed E-state index contributed by atoms with van der Waals surface area (Å²) < 4.78 is 13.0. The van der Waals surface area contributed by atoms with E-state index in [1.807, 2.05) is 18.7 Å². The number of hydrogen-bond acceptors (Lipinski definition) is 3. The first-order valence-corrected chi connectivity index (χ1v) is 7.91. The van der Waals surface area contributed by atoms with Gasteiger partial charge in [0.1, 0.15) is 5.82 Å². The van der Waals surface area contributed by atoms with E-state index in [2.05, 4.69) is 5.32 Å². The van der Waals surface area contributed by atoms with Gasteiger partial charge in [0.2, 0.25) is 5.91 Å². The van der Waals surface area contributed by atoms with Gasteiger partial charge in [-0.3, -0.25) is 9.69 Å². The number of nitrogens with one attached hydrogen (secondary N) is 1. The number of aliphatic hydroxyl groups is 1. The van der Waals surface area contributed by atoms with Crippen molar-refractivity contribution in [3.05, 3.63) is 35.6 Å². The molecular weight excluding hydrogens is 283 g/mol. The summed E-state index contributed by atoms with van der Waals surface area (Å²) in [6.45, 7) is 5.30. The Labute approximate surface area is 131 Å². The summed E-state index contributed by atoms with van der Waals surface area (Å²) in [4.78, 5) is 14.3. The molecule has 1 saturated heterocycles. The zero-order chi connectivity index (χ0) is 16.1. The second-order valence-electron chi connectivity index (χ2n) is 6.29. The molecule has 1 fully saturated rings. The molecule has 0 aliphatic carbocycles. The lowest BCUT2D eigenvalue weighted by molar-refractivity contribution is -0.123. The number of hydrogen-bond donors (Lipinski definition) is 2. The van der Waals surface area contributed by atoms with Crippen molar-refractivity contribution >= 4 is 5.91 Å². The molecule has 0 spiro atoms. The van der Waals surface area contributed by atoms with Crippen molar-refractivity contribution in [2.45, 2.75) is 38.8 Å². The molecular formula is C17H25FN2O2. The molecule has 122 valence electrons. The third-order valence-electron chi connectivity index (χ3n) is 4.27. The zero-order valence-corrected chi connectivity index (χ0v) is 13.3. The zero-order valence-electron chi connectivity index (χ0n) is 13.3. The Morgan fingerprint density at radius 3 is 2.68 bits per heavy atom. The molecule has 1 aromatic carbocycles. The van der Waals surface area contributed by atoms with Gasteiger partial charge in [0.05, 0.1) is 19.2 Å². The minimum absolute atomic E-state index is 0.0524. The predicted molar refractivity (Wildman–Crippen MR) is 83.8 cm³/mol. The van der Waals surface area contributed by atoms with Crippen LogP contribution in [0.25, 0.3) is 0 Å². The van der Waals surface area contributed by atoms with Crippen molar-refractivity contribution in [3.8, 4) is 0 Å². The number of halogens is 1. The molecule has 0 aromatic heterocycles. The van der Waals surface area contributed by atoms with Crippen molar-refractivity contribution in [1.29, 1.82) is 0 Å². The van der Waals surface area contributed by atoms with E-state index in [9.17, 15) is 14.3 Å². The lowest BCUT2D eigenvalue weighted by Crippen LogP contribution is -2.43. The standard InChI is InChI=1S/C17H25FN2O2/c1-12(2)17(13-5-7-14(18)8-6-13)19-16(22)10-20-9-3-4-15(20)11-21/h5-8,12,15,17,21H,3-4,9-11H2,1-2H3,(H,19,22)/t15-,17?/m1/s1. The Balaban J connectivity index is 1.98. The Morgan fingerprint density at radius 1 is 1.41 bits per heavy atom. The van der Waals surface area contributed by atoms with Crippen LogP contribution in [0.1, 0.15) is 38.3 Å². The molecule has 0 bridgehead atoms. The van der Waals surface area contributed by atoms with Crippen LogP contribution in [0.5, 0.6) is 0 Å². The number of benzene rings is 1. The summed E-state index contributed by atoms with van der Waals surface area (Å²) in [7, 11) is 0. The highest BCUT2D eigenvalue weighted by atomic mass is 19.1. The normalized spacial score (nSPS) is 20.3. The fourth-order valence-corrected chi connectivity index (χ4v) is 3.02. The van der Waals surface area contributed by atoms with Gasteiger partial charge in [-0.15, -0.1) is 0 Å². The SMILES string of the molecule is CC(C)C(NC(=O)CN1CCC[C@@H]1CO)c1ccc(F)cc1. The van der Waals surface area contributed by atoms with Gasteiger partial charge in [-0.2, -0.15) is 0 Å². The van der Waals surface area contributed by atoms with E-state index in [-0.39, 0.29) is 36.3 Å². The van der Waals surface area contributed by atoms with E-state index < -0.39 is 0 Å². The molecule has 2 atom stereocenters. The molecule has 1 aromatic rings. The Bertz CT molecular complexity index is 490. The number of amides is 1. The molecule has 4 nitrogen and oxygen atoms in total. The molecule has 0 radical (unpaired) electrons. The monoisotopic (exact) mass is 308 g/mol. The summed E-state index contributed by atoms with van der Waals surface area (Å²) in [5, 5.41) is 12.4. The van der Waals surface area contributed by atoms with Crippen LogP contribution in [0.3, 0.4) is 0 Å². The third kappa shape index (κ3) is 4.27. The Hall–Kier alpha value is -1.46. The van der Waals surface area contributed by atoms with Crippen molar-refractivity contribution < 1.29 is 14.3 Å². The van der Waals surface area contributed by atoms with Crippen molar-refractivity contribution in [2.24, 2.45) is 5.92 Å². The van der Waals surface area contributed by atoms with Crippen molar-refractivity contribution in [2.75, 3.05) is 19.7 Å². The van der Waals surface area contributed by atoms with E-state index in [1.165, 1.54) is 12.1 Å². The average Bonchev–Trinajstić information content (AvgIpc) is 2.92. The molecule has 5 heteroatoms. The maximum absolute atomic E-state index is 13.0. The third-order valence-corrected chi connectivity index (χ3v) is 4.27. The maximum Gasteiger partial charge on any atom is 0.234 e. The summed E-state index contributed by atoms with van der Waals surface area (Å²) in [6.07, 6.45) is 1.96. The van der Waals surface area contributed by atoms with Gasteiger partial charge >= 0.3 is 0 Å². The summed E-state index contributed by atoms with van der Waals surface area (Å²) >= 11 is 0. The highest BCUT2D eigenvalue weighted by Crippen LogP contribution is 2.22. The van der Waals surface area contributed by atoms with E-state index in [4.69, 9.17) is 0 Å². The van der Waals surface area contributed by atoms with Crippen molar-refractivity contribution in [1.82, 2.24) is 10.2 Å². The molecule has 1 heterocycles. The number of nitrogens with zero attached hydrogens (tertiary/aromatic N) is 1. The molecule has 2 N–H and O–H groups in total. The fourth-order valence-electron chi connectivity index (χ4n) is 3.02. The minimum Gasteiger partial charge on any atom is -0.395 e. The van der Waals surface area contributed by atoms with Gasteiger partial charge in [-0.1, -0.05) is 26.0 Å². The van der Waals surface area contributed by atoms with Crippen LogP contribution in [0.2, 0.25) is 0 Å². The van der Waals surface area contributed by atoms with Crippen LogP contribution >= 0.6 is 0 Å². The van der Waals surface area contributed by atoms with Crippen LogP contribution in [-0.2, 0) is 4.79 Å². The van der Waals surface area contributed by atoms with Crippen LogP contribution in [0, 0.1) is 11.7 Å². The van der Waals surface area contributed by atoms with E-state index in [1.54, 1.807) is 12.1 Å². The number of carbonyl (C=O) groups is 1. The first kappa shape index (κ1) is 16.9. The molecule has 1 aliphatic rings. The van der Waals surface area contributed by atoms with Crippen LogP contribution in [-0.4, -0.2) is 41.7 Å². The number of likely N-dealkylation sites (tertiary alicyclic amines) is 1. The van der Waals surface area contributed by atoms with Crippen molar-refractivity contribution in [3.63, 3.8) is 0 Å². The molecule has 1 aliphatic heterocycles. The van der Waals surface area contributed by atoms with Gasteiger partial charge < -0.3 is 10.4 Å². The Morgan fingerprint density at radius 2 is 2.09 bits per heavy atom. The summed E-state index contributed by atoms with van der Waals surface area (Å²) in [6, 6.07) is 6.22. The first-order valence-electron chi connectivity index (χ1n) is 7.91. The molecule has 1 amide bonds. The number of aliphatic hydroxyl groups excluding tert-OH is 1.